The first-order valence-electron chi connectivity index (χ1n) is 6.43. The molecule has 1 aromatic carbocycles. The first-order valence-corrected chi connectivity index (χ1v) is 6.43. The average molecular weight is 242 g/mol. The van der Waals surface area contributed by atoms with Crippen molar-refractivity contribution in [1.82, 2.24) is 9.88 Å². The monoisotopic (exact) mass is 242 g/mol. The normalized spacial score (nSPS) is 18.3. The smallest absolute Gasteiger partial charge is 0.191 e. The molecule has 3 nitrogen and oxygen atoms in total. The minimum atomic E-state index is 0.506. The summed E-state index contributed by atoms with van der Waals surface area (Å²) < 4.78 is 5.55. The molecule has 0 amide bonds. The van der Waals surface area contributed by atoms with Crippen LogP contribution in [-0.2, 0) is 13.0 Å². The van der Waals surface area contributed by atoms with Gasteiger partial charge < -0.3 is 4.42 Å². The highest BCUT2D eigenvalue weighted by atomic mass is 16.4. The van der Waals surface area contributed by atoms with Gasteiger partial charge in [-0.3, -0.25) is 4.90 Å². The molecule has 0 saturated heterocycles. The molecule has 0 N–H and O–H groups in total. The lowest BCUT2D eigenvalue weighted by atomic mass is 10.1. The van der Waals surface area contributed by atoms with Gasteiger partial charge in [0.1, 0.15) is 5.76 Å². The van der Waals surface area contributed by atoms with E-state index in [4.69, 9.17) is 4.42 Å². The maximum Gasteiger partial charge on any atom is 0.191 e. The molecule has 0 bridgehead atoms. The van der Waals surface area contributed by atoms with Gasteiger partial charge in [0.05, 0.1) is 12.7 Å². The lowest BCUT2D eigenvalue weighted by molar-refractivity contribution is 0.216. The summed E-state index contributed by atoms with van der Waals surface area (Å²) in [4.78, 5) is 6.50. The zero-order chi connectivity index (χ0) is 12.5. The van der Waals surface area contributed by atoms with Gasteiger partial charge in [0, 0.05) is 13.0 Å². The highest BCUT2D eigenvalue weighted by Crippen LogP contribution is 2.35. The molecule has 2 aromatic rings. The molecule has 0 aliphatic heterocycles. The second-order valence-electron chi connectivity index (χ2n) is 5.01. The van der Waals surface area contributed by atoms with Gasteiger partial charge in [0.25, 0.3) is 0 Å². The van der Waals surface area contributed by atoms with Crippen LogP contribution in [0.5, 0.6) is 0 Å². The summed E-state index contributed by atoms with van der Waals surface area (Å²) in [5.41, 5.74) is 2.96. The first kappa shape index (κ1) is 11.5. The summed E-state index contributed by atoms with van der Waals surface area (Å²) in [6.07, 6.45) is 4.20. The fourth-order valence-corrected chi connectivity index (χ4v) is 2.83. The lowest BCUT2D eigenvalue weighted by Crippen LogP contribution is -2.22. The van der Waals surface area contributed by atoms with E-state index in [9.17, 15) is 0 Å². The van der Waals surface area contributed by atoms with Crippen LogP contribution in [0.2, 0.25) is 0 Å². The van der Waals surface area contributed by atoms with E-state index >= 15 is 0 Å². The average Bonchev–Trinajstić information content (AvgIpc) is 2.95. The Morgan fingerprint density at radius 1 is 1.39 bits per heavy atom. The first-order chi connectivity index (χ1) is 8.74. The third-order valence-electron chi connectivity index (χ3n) is 3.71. The predicted octanol–water partition coefficient (Wildman–Crippen LogP) is 3.10. The zero-order valence-corrected chi connectivity index (χ0v) is 10.9. The molecule has 1 aliphatic rings. The van der Waals surface area contributed by atoms with E-state index in [1.807, 2.05) is 13.1 Å². The Morgan fingerprint density at radius 2 is 2.22 bits per heavy atom. The standard InChI is InChI=1S/C15H18N2O/c1-11-16-9-13(18-11)10-17(2)15-8-7-12-5-3-4-6-14(12)15/h3-6,9,15H,7-8,10H2,1-2H3. The van der Waals surface area contributed by atoms with Crippen molar-refractivity contribution in [2.24, 2.45) is 0 Å². The van der Waals surface area contributed by atoms with E-state index in [1.54, 1.807) is 0 Å². The molecule has 1 unspecified atom stereocenters. The maximum atomic E-state index is 5.55. The van der Waals surface area contributed by atoms with Crippen LogP contribution < -0.4 is 0 Å². The number of oxazole rings is 1. The molecule has 0 saturated carbocycles. The van der Waals surface area contributed by atoms with Gasteiger partial charge in [-0.15, -0.1) is 0 Å². The zero-order valence-electron chi connectivity index (χ0n) is 10.9. The number of aromatic nitrogens is 1. The van der Waals surface area contributed by atoms with Gasteiger partial charge in [0.2, 0.25) is 0 Å². The van der Waals surface area contributed by atoms with Crippen LogP contribution in [0, 0.1) is 6.92 Å². The highest BCUT2D eigenvalue weighted by molar-refractivity contribution is 5.34. The number of hydrogen-bond acceptors (Lipinski definition) is 3. The Hall–Kier alpha value is -1.61. The van der Waals surface area contributed by atoms with Crippen molar-refractivity contribution >= 4 is 0 Å². The van der Waals surface area contributed by atoms with E-state index in [2.05, 4.69) is 41.2 Å². The van der Waals surface area contributed by atoms with E-state index in [1.165, 1.54) is 24.0 Å². The van der Waals surface area contributed by atoms with Crippen LogP contribution in [0.15, 0.2) is 34.9 Å². The van der Waals surface area contributed by atoms with E-state index in [0.29, 0.717) is 6.04 Å². The fraction of sp³-hybridized carbons (Fsp3) is 0.400. The van der Waals surface area contributed by atoms with Gasteiger partial charge in [-0.1, -0.05) is 24.3 Å². The second kappa shape index (κ2) is 4.58. The van der Waals surface area contributed by atoms with Crippen LogP contribution in [-0.4, -0.2) is 16.9 Å². The lowest BCUT2D eigenvalue weighted by Gasteiger charge is -2.24. The summed E-state index contributed by atoms with van der Waals surface area (Å²) >= 11 is 0. The molecule has 1 atom stereocenters. The number of aryl methyl sites for hydroxylation is 2. The number of nitrogens with zero attached hydrogens (tertiary/aromatic N) is 2. The summed E-state index contributed by atoms with van der Waals surface area (Å²) in [5.74, 6) is 1.68. The van der Waals surface area contributed by atoms with Crippen molar-refractivity contribution in [3.05, 3.63) is 53.2 Å². The summed E-state index contributed by atoms with van der Waals surface area (Å²) in [6.45, 7) is 2.70. The van der Waals surface area contributed by atoms with Gasteiger partial charge in [-0.2, -0.15) is 0 Å². The van der Waals surface area contributed by atoms with Crippen LogP contribution in [0.3, 0.4) is 0 Å². The van der Waals surface area contributed by atoms with Crippen molar-refractivity contribution < 1.29 is 4.42 Å². The number of fused-ring (bicyclic) bond motifs is 1. The van der Waals surface area contributed by atoms with Crippen LogP contribution >= 0.6 is 0 Å². The second-order valence-corrected chi connectivity index (χ2v) is 5.01. The maximum absolute atomic E-state index is 5.55. The molecule has 18 heavy (non-hydrogen) atoms. The predicted molar refractivity (Wildman–Crippen MR) is 70.2 cm³/mol. The molecule has 3 heteroatoms. The summed E-state index contributed by atoms with van der Waals surface area (Å²) in [6, 6.07) is 9.24. The summed E-state index contributed by atoms with van der Waals surface area (Å²) in [5, 5.41) is 0. The van der Waals surface area contributed by atoms with E-state index in [0.717, 1.165) is 18.2 Å². The Morgan fingerprint density at radius 3 is 3.00 bits per heavy atom. The van der Waals surface area contributed by atoms with Gasteiger partial charge in [0.15, 0.2) is 5.89 Å². The largest absolute Gasteiger partial charge is 0.445 e. The molecule has 0 fully saturated rings. The number of rotatable bonds is 3. The van der Waals surface area contributed by atoms with Crippen molar-refractivity contribution in [2.45, 2.75) is 32.4 Å². The molecule has 1 aliphatic carbocycles. The number of benzene rings is 1. The van der Waals surface area contributed by atoms with Gasteiger partial charge in [-0.25, -0.2) is 4.98 Å². The van der Waals surface area contributed by atoms with Crippen molar-refractivity contribution in [3.63, 3.8) is 0 Å². The SMILES string of the molecule is Cc1ncc(CN(C)C2CCc3ccccc32)o1. The van der Waals surface area contributed by atoms with Crippen molar-refractivity contribution in [2.75, 3.05) is 7.05 Å². The van der Waals surface area contributed by atoms with Gasteiger partial charge >= 0.3 is 0 Å². The minimum absolute atomic E-state index is 0.506. The summed E-state index contributed by atoms with van der Waals surface area (Å²) in [7, 11) is 2.16. The van der Waals surface area contributed by atoms with Crippen molar-refractivity contribution in [3.8, 4) is 0 Å². The molecule has 0 radical (unpaired) electrons. The van der Waals surface area contributed by atoms with Gasteiger partial charge in [-0.05, 0) is 31.0 Å². The molecular formula is C15H18N2O. The third-order valence-corrected chi connectivity index (χ3v) is 3.71. The van der Waals surface area contributed by atoms with Crippen LogP contribution in [0.25, 0.3) is 0 Å². The van der Waals surface area contributed by atoms with Crippen LogP contribution in [0.1, 0.15) is 35.2 Å². The fourth-order valence-electron chi connectivity index (χ4n) is 2.83. The molecular weight excluding hydrogens is 224 g/mol. The minimum Gasteiger partial charge on any atom is -0.445 e. The highest BCUT2D eigenvalue weighted by Gasteiger charge is 2.25. The van der Waals surface area contributed by atoms with E-state index < -0.39 is 0 Å². The Labute approximate surface area is 107 Å². The topological polar surface area (TPSA) is 29.3 Å². The molecule has 0 spiro atoms. The molecule has 1 aromatic heterocycles. The molecule has 3 rings (SSSR count). The van der Waals surface area contributed by atoms with E-state index in [-0.39, 0.29) is 0 Å². The van der Waals surface area contributed by atoms with Crippen LogP contribution in [0.4, 0.5) is 0 Å². The molecule has 94 valence electrons. The Balaban J connectivity index is 1.76. The Kier molecular flexibility index (Phi) is 2.92. The Bertz CT molecular complexity index is 547. The quantitative estimate of drug-likeness (QED) is 0.828. The third kappa shape index (κ3) is 2.06. The molecule has 1 heterocycles. The number of hydrogen-bond donors (Lipinski definition) is 0. The van der Waals surface area contributed by atoms with Crippen molar-refractivity contribution in [1.29, 1.82) is 0 Å².